The van der Waals surface area contributed by atoms with Crippen molar-refractivity contribution in [1.29, 1.82) is 0 Å². The van der Waals surface area contributed by atoms with E-state index in [0.717, 1.165) is 38.1 Å². The molecule has 0 radical (unpaired) electrons. The summed E-state index contributed by atoms with van der Waals surface area (Å²) in [5.74, 6) is -1.00. The van der Waals surface area contributed by atoms with Crippen molar-refractivity contribution in [1.82, 2.24) is 25.0 Å². The van der Waals surface area contributed by atoms with E-state index in [-0.39, 0.29) is 0 Å². The molecule has 2 amide bonds. The van der Waals surface area contributed by atoms with Crippen molar-refractivity contribution < 1.29 is 14.3 Å². The summed E-state index contributed by atoms with van der Waals surface area (Å²) in [4.78, 5) is 30.2. The molecule has 1 fully saturated rings. The molecular weight excluding hydrogens is 360 g/mol. The van der Waals surface area contributed by atoms with E-state index in [1.165, 1.54) is 0 Å². The third kappa shape index (κ3) is 6.43. The lowest BCUT2D eigenvalue weighted by molar-refractivity contribution is -0.136. The molecule has 3 heterocycles. The molecule has 9 heteroatoms. The largest absolute Gasteiger partial charge is 0.380 e. The third-order valence-corrected chi connectivity index (χ3v) is 4.50. The maximum absolute atomic E-state index is 12.0. The molecule has 2 aromatic heterocycles. The lowest BCUT2D eigenvalue weighted by Crippen LogP contribution is -2.40. The molecule has 0 saturated carbocycles. The number of aromatic nitrogens is 3. The molecule has 28 heavy (non-hydrogen) atoms. The summed E-state index contributed by atoms with van der Waals surface area (Å²) in [6.45, 7) is 5.07. The van der Waals surface area contributed by atoms with Gasteiger partial charge in [0.2, 0.25) is 0 Å². The van der Waals surface area contributed by atoms with Crippen LogP contribution in [0.3, 0.4) is 0 Å². The number of amides is 2. The average Bonchev–Trinajstić information content (AvgIpc) is 2.99. The Kier molecular flexibility index (Phi) is 7.51. The fourth-order valence-corrected chi connectivity index (χ4v) is 2.95. The van der Waals surface area contributed by atoms with Crippen LogP contribution in [0.5, 0.6) is 0 Å². The molecule has 0 aromatic carbocycles. The summed E-state index contributed by atoms with van der Waals surface area (Å²) in [6, 6.07) is 5.58. The monoisotopic (exact) mass is 386 g/mol. The van der Waals surface area contributed by atoms with Gasteiger partial charge >= 0.3 is 11.8 Å². The van der Waals surface area contributed by atoms with Crippen molar-refractivity contribution >= 4 is 17.6 Å². The highest BCUT2D eigenvalue weighted by molar-refractivity contribution is 6.39. The van der Waals surface area contributed by atoms with Crippen molar-refractivity contribution in [2.75, 3.05) is 44.7 Å². The van der Waals surface area contributed by atoms with Crippen molar-refractivity contribution in [3.63, 3.8) is 0 Å². The topological polar surface area (TPSA) is 101 Å². The van der Waals surface area contributed by atoms with E-state index < -0.39 is 11.8 Å². The smallest absolute Gasteiger partial charge is 0.314 e. The molecule has 0 atom stereocenters. The van der Waals surface area contributed by atoms with Crippen LogP contribution >= 0.6 is 0 Å². The van der Waals surface area contributed by atoms with Gasteiger partial charge in [0.1, 0.15) is 0 Å². The molecule has 0 aliphatic carbocycles. The van der Waals surface area contributed by atoms with Gasteiger partial charge in [0.25, 0.3) is 0 Å². The van der Waals surface area contributed by atoms with Gasteiger partial charge in [0.05, 0.1) is 6.61 Å². The second-order valence-corrected chi connectivity index (χ2v) is 6.59. The van der Waals surface area contributed by atoms with Crippen LogP contribution < -0.4 is 10.6 Å². The lowest BCUT2D eigenvalue weighted by Gasteiger charge is -2.18. The van der Waals surface area contributed by atoms with Crippen molar-refractivity contribution in [2.24, 2.45) is 0 Å². The minimum Gasteiger partial charge on any atom is -0.380 e. The van der Waals surface area contributed by atoms with E-state index in [0.29, 0.717) is 32.1 Å². The molecule has 150 valence electrons. The Hall–Kier alpha value is -2.78. The number of nitrogens with zero attached hydrogens (tertiary/aromatic N) is 4. The summed E-state index contributed by atoms with van der Waals surface area (Å²) in [6.07, 6.45) is 7.07. The van der Waals surface area contributed by atoms with Crippen molar-refractivity contribution in [3.05, 3.63) is 42.4 Å². The van der Waals surface area contributed by atoms with E-state index in [1.54, 1.807) is 29.3 Å². The first-order valence-electron chi connectivity index (χ1n) is 9.52. The summed E-state index contributed by atoms with van der Waals surface area (Å²) in [5.41, 5.74) is 1.16. The number of rotatable bonds is 7. The summed E-state index contributed by atoms with van der Waals surface area (Å²) in [7, 11) is 0. The van der Waals surface area contributed by atoms with Crippen LogP contribution in [0.15, 0.2) is 36.8 Å². The lowest BCUT2D eigenvalue weighted by atomic mass is 10.2. The quantitative estimate of drug-likeness (QED) is 0.664. The molecule has 0 spiro atoms. The van der Waals surface area contributed by atoms with E-state index in [9.17, 15) is 9.59 Å². The number of ether oxygens (including phenoxy) is 1. The Morgan fingerprint density at radius 3 is 2.79 bits per heavy atom. The van der Waals surface area contributed by atoms with Crippen molar-refractivity contribution in [3.8, 4) is 0 Å². The molecule has 1 saturated heterocycles. The SMILES string of the molecule is O=C(NCCN1CCCOCC1)C(=O)Nc1ccn(CCc2ccncc2)n1. The zero-order valence-corrected chi connectivity index (χ0v) is 15.8. The summed E-state index contributed by atoms with van der Waals surface area (Å²) < 4.78 is 7.13. The zero-order chi connectivity index (χ0) is 19.6. The summed E-state index contributed by atoms with van der Waals surface area (Å²) >= 11 is 0. The molecule has 9 nitrogen and oxygen atoms in total. The Morgan fingerprint density at radius 2 is 1.93 bits per heavy atom. The fraction of sp³-hybridized carbons (Fsp3) is 0.474. The van der Waals surface area contributed by atoms with Crippen LogP contribution in [0.1, 0.15) is 12.0 Å². The Morgan fingerprint density at radius 1 is 1.07 bits per heavy atom. The second kappa shape index (κ2) is 10.5. The number of pyridine rings is 1. The van der Waals surface area contributed by atoms with Crippen LogP contribution in [0, 0.1) is 0 Å². The van der Waals surface area contributed by atoms with Gasteiger partial charge in [-0.1, -0.05) is 0 Å². The number of nitrogens with one attached hydrogen (secondary N) is 2. The van der Waals surface area contributed by atoms with Gasteiger partial charge < -0.3 is 15.4 Å². The van der Waals surface area contributed by atoms with Gasteiger partial charge in [-0.05, 0) is 30.5 Å². The van der Waals surface area contributed by atoms with Crippen LogP contribution in [-0.4, -0.2) is 70.9 Å². The van der Waals surface area contributed by atoms with E-state index in [2.05, 4.69) is 25.6 Å². The Balaban J connectivity index is 1.37. The van der Waals surface area contributed by atoms with Gasteiger partial charge in [0, 0.05) is 64.0 Å². The first kappa shape index (κ1) is 20.0. The number of carbonyl (C=O) groups excluding carboxylic acids is 2. The number of anilines is 1. The number of aryl methyl sites for hydroxylation is 2. The molecule has 2 aromatic rings. The third-order valence-electron chi connectivity index (χ3n) is 4.50. The van der Waals surface area contributed by atoms with Gasteiger partial charge in [-0.25, -0.2) is 0 Å². The van der Waals surface area contributed by atoms with Crippen LogP contribution in [0.4, 0.5) is 5.82 Å². The maximum atomic E-state index is 12.0. The number of hydrogen-bond acceptors (Lipinski definition) is 6. The molecule has 0 bridgehead atoms. The highest BCUT2D eigenvalue weighted by Crippen LogP contribution is 2.05. The highest BCUT2D eigenvalue weighted by atomic mass is 16.5. The normalized spacial score (nSPS) is 15.0. The molecule has 0 unspecified atom stereocenters. The standard InChI is InChI=1S/C19H26N6O3/c26-18(21-8-12-24-9-1-14-28-15-13-24)19(27)22-17-5-11-25(23-17)10-4-16-2-6-20-7-3-16/h2-3,5-7,11H,1,4,8-10,12-15H2,(H,21,26)(H,22,23,27). The van der Waals surface area contributed by atoms with Gasteiger partial charge in [-0.15, -0.1) is 0 Å². The zero-order valence-electron chi connectivity index (χ0n) is 15.8. The van der Waals surface area contributed by atoms with Gasteiger partial charge in [-0.2, -0.15) is 5.10 Å². The Bertz CT molecular complexity index is 756. The van der Waals surface area contributed by atoms with Crippen molar-refractivity contribution in [2.45, 2.75) is 19.4 Å². The molecule has 1 aliphatic heterocycles. The van der Waals surface area contributed by atoms with E-state index >= 15 is 0 Å². The minimum absolute atomic E-state index is 0.361. The van der Waals surface area contributed by atoms with Crippen LogP contribution in [0.2, 0.25) is 0 Å². The fourth-order valence-electron chi connectivity index (χ4n) is 2.95. The second-order valence-electron chi connectivity index (χ2n) is 6.59. The number of hydrogen-bond donors (Lipinski definition) is 2. The van der Waals surface area contributed by atoms with Gasteiger partial charge in [0.15, 0.2) is 5.82 Å². The van der Waals surface area contributed by atoms with Crippen LogP contribution in [-0.2, 0) is 27.3 Å². The summed E-state index contributed by atoms with van der Waals surface area (Å²) in [5, 5.41) is 9.46. The average molecular weight is 386 g/mol. The minimum atomic E-state index is -0.710. The predicted octanol–water partition coefficient (Wildman–Crippen LogP) is 0.298. The van der Waals surface area contributed by atoms with E-state index in [1.807, 2.05) is 12.1 Å². The highest BCUT2D eigenvalue weighted by Gasteiger charge is 2.15. The first-order chi connectivity index (χ1) is 13.7. The molecule has 1 aliphatic rings. The number of carbonyl (C=O) groups is 2. The molecule has 2 N–H and O–H groups in total. The maximum Gasteiger partial charge on any atom is 0.314 e. The molecule has 3 rings (SSSR count). The first-order valence-corrected chi connectivity index (χ1v) is 9.52. The molecular formula is C19H26N6O3. The predicted molar refractivity (Wildman–Crippen MR) is 104 cm³/mol. The van der Waals surface area contributed by atoms with Crippen LogP contribution in [0.25, 0.3) is 0 Å². The Labute approximate surface area is 164 Å². The van der Waals surface area contributed by atoms with Gasteiger partial charge in [-0.3, -0.25) is 24.2 Å². The van der Waals surface area contributed by atoms with E-state index in [4.69, 9.17) is 4.74 Å².